The highest BCUT2D eigenvalue weighted by Gasteiger charge is 2.16. The molecule has 0 unspecified atom stereocenters. The van der Waals surface area contributed by atoms with Crippen LogP contribution in [0.3, 0.4) is 0 Å². The van der Waals surface area contributed by atoms with Crippen LogP contribution in [0.2, 0.25) is 5.02 Å². The van der Waals surface area contributed by atoms with E-state index in [0.717, 1.165) is 11.3 Å². The zero-order valence-electron chi connectivity index (χ0n) is 20.7. The highest BCUT2D eigenvalue weighted by Crippen LogP contribution is 2.26. The highest BCUT2D eigenvalue weighted by atomic mass is 35.5. The molecule has 0 heterocycles. The fraction of sp³-hybridized carbons (Fsp3) is 0.286. The van der Waals surface area contributed by atoms with Gasteiger partial charge in [-0.05, 0) is 74.7 Å². The molecule has 1 atom stereocenters. The first-order valence-corrected chi connectivity index (χ1v) is 12.2. The third-order valence-electron chi connectivity index (χ3n) is 5.50. The van der Waals surface area contributed by atoms with E-state index in [1.165, 1.54) is 0 Å². The van der Waals surface area contributed by atoms with Gasteiger partial charge in [0.25, 0.3) is 11.8 Å². The average Bonchev–Trinajstić information content (AvgIpc) is 2.86. The van der Waals surface area contributed by atoms with E-state index in [1.807, 2.05) is 56.3 Å². The Bertz CT molecular complexity index is 1180. The molecule has 0 aliphatic carbocycles. The average molecular weight is 510 g/mol. The lowest BCUT2D eigenvalue weighted by molar-refractivity contribution is 0.0929. The van der Waals surface area contributed by atoms with Gasteiger partial charge in [0.1, 0.15) is 5.75 Å². The Kier molecular flexibility index (Phi) is 9.73. The van der Waals surface area contributed by atoms with Crippen molar-refractivity contribution in [3.8, 4) is 5.75 Å². The van der Waals surface area contributed by atoms with Crippen molar-refractivity contribution in [1.82, 2.24) is 5.32 Å². The van der Waals surface area contributed by atoms with E-state index in [2.05, 4.69) is 16.0 Å². The van der Waals surface area contributed by atoms with E-state index in [4.69, 9.17) is 16.3 Å². The number of halogens is 1. The second kappa shape index (κ2) is 13.0. The third-order valence-corrected chi connectivity index (χ3v) is 5.80. The van der Waals surface area contributed by atoms with Crippen LogP contribution in [0.25, 0.3) is 0 Å². The zero-order valence-corrected chi connectivity index (χ0v) is 21.4. The van der Waals surface area contributed by atoms with Gasteiger partial charge >= 0.3 is 0 Å². The van der Waals surface area contributed by atoms with Crippen molar-refractivity contribution in [2.75, 3.05) is 24.3 Å². The number of anilines is 2. The lowest BCUT2D eigenvalue weighted by atomic mass is 10.0. The molecule has 0 spiro atoms. The lowest BCUT2D eigenvalue weighted by Gasteiger charge is -2.19. The van der Waals surface area contributed by atoms with Crippen LogP contribution in [-0.4, -0.2) is 42.7 Å². The van der Waals surface area contributed by atoms with Gasteiger partial charge in [-0.15, -0.1) is 0 Å². The largest absolute Gasteiger partial charge is 0.489 e. The van der Waals surface area contributed by atoms with Crippen molar-refractivity contribution in [1.29, 1.82) is 0 Å². The summed E-state index contributed by atoms with van der Waals surface area (Å²) in [6, 6.07) is 19.4. The summed E-state index contributed by atoms with van der Waals surface area (Å²) >= 11 is 6.27. The number of carbonyl (C=O) groups is 2. The Morgan fingerprint density at radius 2 is 1.72 bits per heavy atom. The van der Waals surface area contributed by atoms with Gasteiger partial charge in [0.15, 0.2) is 0 Å². The molecule has 3 rings (SSSR count). The van der Waals surface area contributed by atoms with Crippen LogP contribution in [0.15, 0.2) is 66.7 Å². The van der Waals surface area contributed by atoms with E-state index in [1.54, 1.807) is 31.3 Å². The maximum absolute atomic E-state index is 12.8. The fourth-order valence-corrected chi connectivity index (χ4v) is 3.97. The van der Waals surface area contributed by atoms with Crippen molar-refractivity contribution < 1.29 is 19.4 Å². The summed E-state index contributed by atoms with van der Waals surface area (Å²) in [5.41, 5.74) is 3.34. The zero-order chi connectivity index (χ0) is 26.1. The topological polar surface area (TPSA) is 99.7 Å². The number of nitrogens with one attached hydrogen (secondary N) is 3. The Labute approximate surface area is 216 Å². The molecular weight excluding hydrogens is 478 g/mol. The molecule has 4 N–H and O–H groups in total. The highest BCUT2D eigenvalue weighted by molar-refractivity contribution is 6.32. The molecule has 0 aromatic heterocycles. The van der Waals surface area contributed by atoms with Gasteiger partial charge in [0.05, 0.1) is 16.7 Å². The van der Waals surface area contributed by atoms with Gasteiger partial charge in [-0.3, -0.25) is 9.59 Å². The Morgan fingerprint density at radius 1 is 1.00 bits per heavy atom. The van der Waals surface area contributed by atoms with Crippen molar-refractivity contribution in [2.24, 2.45) is 0 Å². The first kappa shape index (κ1) is 27.0. The summed E-state index contributed by atoms with van der Waals surface area (Å²) in [6.45, 7) is 3.74. The SMILES string of the molecule is CNc1ccccc1C(=O)Nc1ccc(C[C@@H](CCO)NC(=O)c2ccc(OC(C)C)c(Cl)c2)cc1. The van der Waals surface area contributed by atoms with Gasteiger partial charge in [-0.1, -0.05) is 35.9 Å². The number of aliphatic hydroxyl groups is 1. The van der Waals surface area contributed by atoms with Crippen molar-refractivity contribution in [3.63, 3.8) is 0 Å². The predicted octanol–water partition coefficient (Wildman–Crippen LogP) is 5.14. The molecule has 0 aliphatic heterocycles. The quantitative estimate of drug-likeness (QED) is 0.286. The normalized spacial score (nSPS) is 11.6. The molecule has 0 saturated carbocycles. The second-order valence-electron chi connectivity index (χ2n) is 8.65. The van der Waals surface area contributed by atoms with E-state index in [-0.39, 0.29) is 30.6 Å². The van der Waals surface area contributed by atoms with Crippen LogP contribution in [0.1, 0.15) is 46.5 Å². The number of hydrogen-bond acceptors (Lipinski definition) is 5. The Hall–Kier alpha value is -3.55. The minimum atomic E-state index is -0.282. The lowest BCUT2D eigenvalue weighted by Crippen LogP contribution is -2.37. The standard InChI is InChI=1S/C28H32ClN3O4/c1-18(2)36-26-13-10-20(17-24(26)29)27(34)32-22(14-15-33)16-19-8-11-21(12-9-19)31-28(35)23-6-4-5-7-25(23)30-3/h4-13,17-18,22,30,33H,14-16H2,1-3H3,(H,31,35)(H,32,34)/t22-/m1/s1. The van der Waals surface area contributed by atoms with Crippen LogP contribution in [0.5, 0.6) is 5.75 Å². The van der Waals surface area contributed by atoms with Gasteiger partial charge in [0.2, 0.25) is 0 Å². The molecule has 8 heteroatoms. The molecule has 3 aromatic rings. The number of ether oxygens (including phenoxy) is 1. The summed E-state index contributed by atoms with van der Waals surface area (Å²) in [5.74, 6) is 0.0388. The molecule has 0 bridgehead atoms. The summed E-state index contributed by atoms with van der Waals surface area (Å²) < 4.78 is 5.62. The molecule has 3 aromatic carbocycles. The number of benzene rings is 3. The Morgan fingerprint density at radius 3 is 2.36 bits per heavy atom. The number of carbonyl (C=O) groups excluding carboxylic acids is 2. The van der Waals surface area contributed by atoms with Gasteiger partial charge in [-0.2, -0.15) is 0 Å². The molecule has 7 nitrogen and oxygen atoms in total. The van der Waals surface area contributed by atoms with E-state index < -0.39 is 0 Å². The molecule has 0 fully saturated rings. The molecule has 36 heavy (non-hydrogen) atoms. The molecule has 0 aliphatic rings. The molecule has 0 saturated heterocycles. The summed E-state index contributed by atoms with van der Waals surface area (Å²) in [4.78, 5) is 25.5. The number of amides is 2. The number of aliphatic hydroxyl groups excluding tert-OH is 1. The van der Waals surface area contributed by atoms with Gasteiger partial charge in [-0.25, -0.2) is 0 Å². The minimum absolute atomic E-state index is 0.0278. The van der Waals surface area contributed by atoms with Crippen LogP contribution < -0.4 is 20.7 Å². The van der Waals surface area contributed by atoms with Crippen LogP contribution in [-0.2, 0) is 6.42 Å². The number of para-hydroxylation sites is 1. The summed E-state index contributed by atoms with van der Waals surface area (Å²) in [6.07, 6.45) is 0.888. The second-order valence-corrected chi connectivity index (χ2v) is 9.05. The van der Waals surface area contributed by atoms with Crippen molar-refractivity contribution in [3.05, 3.63) is 88.4 Å². The van der Waals surface area contributed by atoms with Crippen LogP contribution >= 0.6 is 11.6 Å². The first-order valence-electron chi connectivity index (χ1n) is 11.9. The molecule has 190 valence electrons. The molecule has 2 amide bonds. The maximum atomic E-state index is 12.8. The van der Waals surface area contributed by atoms with E-state index in [9.17, 15) is 14.7 Å². The monoisotopic (exact) mass is 509 g/mol. The van der Waals surface area contributed by atoms with Crippen LogP contribution in [0, 0.1) is 0 Å². The fourth-order valence-electron chi connectivity index (χ4n) is 3.75. The smallest absolute Gasteiger partial charge is 0.257 e. The van der Waals surface area contributed by atoms with E-state index >= 15 is 0 Å². The summed E-state index contributed by atoms with van der Waals surface area (Å²) in [7, 11) is 1.77. The van der Waals surface area contributed by atoms with Crippen molar-refractivity contribution >= 4 is 34.8 Å². The predicted molar refractivity (Wildman–Crippen MR) is 144 cm³/mol. The number of rotatable bonds is 11. The summed E-state index contributed by atoms with van der Waals surface area (Å²) in [5, 5.41) is 18.8. The maximum Gasteiger partial charge on any atom is 0.257 e. The Balaban J connectivity index is 1.63. The van der Waals surface area contributed by atoms with Crippen LogP contribution in [0.4, 0.5) is 11.4 Å². The third kappa shape index (κ3) is 7.47. The molecular formula is C28H32ClN3O4. The first-order chi connectivity index (χ1) is 17.3. The number of hydrogen-bond donors (Lipinski definition) is 4. The minimum Gasteiger partial charge on any atom is -0.489 e. The van der Waals surface area contributed by atoms with Gasteiger partial charge in [0, 0.05) is 36.6 Å². The van der Waals surface area contributed by atoms with E-state index in [0.29, 0.717) is 40.4 Å². The molecule has 0 radical (unpaired) electrons. The van der Waals surface area contributed by atoms with Gasteiger partial charge < -0.3 is 25.8 Å². The van der Waals surface area contributed by atoms with Crippen molar-refractivity contribution in [2.45, 2.75) is 38.8 Å².